The highest BCUT2D eigenvalue weighted by molar-refractivity contribution is 7.09. The summed E-state index contributed by atoms with van der Waals surface area (Å²) in [7, 11) is 1.44. The molecule has 0 aliphatic carbocycles. The van der Waals surface area contributed by atoms with Gasteiger partial charge >= 0.3 is 5.97 Å². The maximum absolute atomic E-state index is 12.0. The van der Waals surface area contributed by atoms with Gasteiger partial charge in [0.25, 0.3) is 0 Å². The Kier molecular flexibility index (Phi) is 5.96. The van der Waals surface area contributed by atoms with Gasteiger partial charge in [0, 0.05) is 17.5 Å². The molecular weight excluding hydrogens is 282 g/mol. The molecule has 1 aromatic carbocycles. The molecule has 21 heavy (non-hydrogen) atoms. The lowest BCUT2D eigenvalue weighted by atomic mass is 9.99. The maximum atomic E-state index is 12.0. The van der Waals surface area contributed by atoms with Crippen molar-refractivity contribution in [2.45, 2.75) is 25.3 Å². The number of carbonyl (C=O) groups is 1. The van der Waals surface area contributed by atoms with Crippen molar-refractivity contribution < 1.29 is 9.53 Å². The van der Waals surface area contributed by atoms with Crippen molar-refractivity contribution in [1.82, 2.24) is 5.32 Å². The number of hydrogen-bond donors (Lipinski definition) is 1. The zero-order valence-electron chi connectivity index (χ0n) is 12.4. The van der Waals surface area contributed by atoms with Crippen molar-refractivity contribution >= 4 is 17.3 Å². The van der Waals surface area contributed by atoms with Crippen molar-refractivity contribution in [2.75, 3.05) is 13.7 Å². The van der Waals surface area contributed by atoms with Gasteiger partial charge in [0.2, 0.25) is 0 Å². The van der Waals surface area contributed by atoms with Crippen LogP contribution in [-0.4, -0.2) is 25.7 Å². The molecule has 112 valence electrons. The molecule has 2 aromatic rings. The zero-order valence-corrected chi connectivity index (χ0v) is 13.2. The topological polar surface area (TPSA) is 38.3 Å². The summed E-state index contributed by atoms with van der Waals surface area (Å²) in [5, 5.41) is 5.53. The highest BCUT2D eigenvalue weighted by Crippen LogP contribution is 2.17. The number of carbonyl (C=O) groups excluding carboxylic acids is 1. The van der Waals surface area contributed by atoms with Gasteiger partial charge in [0.05, 0.1) is 13.0 Å². The highest BCUT2D eigenvalue weighted by atomic mass is 32.1. The molecule has 0 radical (unpaired) electrons. The van der Waals surface area contributed by atoms with Crippen molar-refractivity contribution in [1.29, 1.82) is 0 Å². The molecule has 2 atom stereocenters. The number of thiophene rings is 1. The van der Waals surface area contributed by atoms with Crippen molar-refractivity contribution in [3.63, 3.8) is 0 Å². The molecule has 1 heterocycles. The van der Waals surface area contributed by atoms with Gasteiger partial charge in [-0.05, 0) is 30.4 Å². The average molecular weight is 303 g/mol. The molecule has 0 bridgehead atoms. The molecule has 0 aliphatic rings. The molecule has 2 unspecified atom stereocenters. The number of ether oxygens (including phenoxy) is 1. The summed E-state index contributed by atoms with van der Waals surface area (Å²) in [4.78, 5) is 13.3. The van der Waals surface area contributed by atoms with Crippen LogP contribution in [-0.2, 0) is 16.0 Å². The molecule has 0 saturated carbocycles. The third kappa shape index (κ3) is 4.69. The van der Waals surface area contributed by atoms with Gasteiger partial charge in [0.1, 0.15) is 0 Å². The average Bonchev–Trinajstić information content (AvgIpc) is 3.01. The molecule has 4 heteroatoms. The minimum atomic E-state index is -0.262. The molecular formula is C17H21NO2S. The van der Waals surface area contributed by atoms with Crippen LogP contribution in [0.3, 0.4) is 0 Å². The van der Waals surface area contributed by atoms with Gasteiger partial charge in [-0.25, -0.2) is 0 Å². The minimum Gasteiger partial charge on any atom is -0.469 e. The summed E-state index contributed by atoms with van der Waals surface area (Å²) in [6, 6.07) is 14.3. The Bertz CT molecular complexity index is 539. The summed E-state index contributed by atoms with van der Waals surface area (Å²) in [5.74, 6) is -0.459. The molecule has 0 spiro atoms. The Morgan fingerprint density at radius 3 is 2.62 bits per heavy atom. The number of hydrogen-bond acceptors (Lipinski definition) is 4. The Morgan fingerprint density at radius 1 is 1.24 bits per heavy atom. The Labute approximate surface area is 130 Å². The summed E-state index contributed by atoms with van der Waals surface area (Å²) < 4.78 is 4.93. The second-order valence-corrected chi connectivity index (χ2v) is 6.11. The van der Waals surface area contributed by atoms with E-state index in [1.54, 1.807) is 11.3 Å². The van der Waals surface area contributed by atoms with Crippen LogP contribution < -0.4 is 5.32 Å². The first-order chi connectivity index (χ1) is 10.2. The molecule has 3 nitrogen and oxygen atoms in total. The third-order valence-corrected chi connectivity index (χ3v) is 4.34. The lowest BCUT2D eigenvalue weighted by molar-refractivity contribution is -0.142. The lowest BCUT2D eigenvalue weighted by Gasteiger charge is -2.19. The quantitative estimate of drug-likeness (QED) is 0.798. The smallest absolute Gasteiger partial charge is 0.314 e. The van der Waals surface area contributed by atoms with Crippen molar-refractivity contribution in [3.05, 3.63) is 58.3 Å². The fraction of sp³-hybridized carbons (Fsp3) is 0.353. The Hall–Kier alpha value is -1.65. The van der Waals surface area contributed by atoms with Crippen LogP contribution in [0, 0.1) is 0 Å². The van der Waals surface area contributed by atoms with Crippen LogP contribution >= 0.6 is 11.3 Å². The fourth-order valence-electron chi connectivity index (χ4n) is 2.29. The van der Waals surface area contributed by atoms with Crippen LogP contribution in [0.5, 0.6) is 0 Å². The van der Waals surface area contributed by atoms with Gasteiger partial charge < -0.3 is 10.1 Å². The van der Waals surface area contributed by atoms with Gasteiger partial charge in [0.15, 0.2) is 0 Å². The van der Waals surface area contributed by atoms with E-state index < -0.39 is 0 Å². The van der Waals surface area contributed by atoms with E-state index in [9.17, 15) is 4.79 Å². The summed E-state index contributed by atoms with van der Waals surface area (Å²) in [6.45, 7) is 2.72. The van der Waals surface area contributed by atoms with Crippen LogP contribution in [0.1, 0.15) is 23.3 Å². The number of methoxy groups -OCH3 is 1. The van der Waals surface area contributed by atoms with E-state index in [0.29, 0.717) is 12.6 Å². The SMILES string of the molecule is COC(=O)C(CNC(C)Cc1cccs1)c1ccccc1. The number of rotatable bonds is 7. The van der Waals surface area contributed by atoms with Crippen molar-refractivity contribution in [2.24, 2.45) is 0 Å². The molecule has 2 rings (SSSR count). The van der Waals surface area contributed by atoms with E-state index in [-0.39, 0.29) is 11.9 Å². The van der Waals surface area contributed by atoms with Crippen molar-refractivity contribution in [3.8, 4) is 0 Å². The van der Waals surface area contributed by atoms with Crippen LogP contribution in [0.2, 0.25) is 0 Å². The molecule has 1 N–H and O–H groups in total. The fourth-order valence-corrected chi connectivity index (χ4v) is 3.12. The largest absolute Gasteiger partial charge is 0.469 e. The first-order valence-electron chi connectivity index (χ1n) is 7.09. The monoisotopic (exact) mass is 303 g/mol. The summed E-state index contributed by atoms with van der Waals surface area (Å²) in [6.07, 6.45) is 0.973. The molecule has 0 fully saturated rings. The lowest BCUT2D eigenvalue weighted by Crippen LogP contribution is -2.34. The minimum absolute atomic E-state index is 0.197. The number of nitrogens with one attached hydrogen (secondary N) is 1. The zero-order chi connectivity index (χ0) is 15.1. The Morgan fingerprint density at radius 2 is 2.00 bits per heavy atom. The van der Waals surface area contributed by atoms with Gasteiger partial charge in [-0.3, -0.25) is 4.79 Å². The number of benzene rings is 1. The van der Waals surface area contributed by atoms with Crippen LogP contribution in [0.25, 0.3) is 0 Å². The highest BCUT2D eigenvalue weighted by Gasteiger charge is 2.21. The van der Waals surface area contributed by atoms with E-state index in [1.807, 2.05) is 30.3 Å². The molecule has 0 amide bonds. The van der Waals surface area contributed by atoms with Crippen LogP contribution in [0.15, 0.2) is 47.8 Å². The van der Waals surface area contributed by atoms with E-state index in [1.165, 1.54) is 12.0 Å². The van der Waals surface area contributed by atoms with Gasteiger partial charge in [-0.1, -0.05) is 36.4 Å². The summed E-state index contributed by atoms with van der Waals surface area (Å²) >= 11 is 1.76. The van der Waals surface area contributed by atoms with E-state index in [2.05, 4.69) is 29.8 Å². The standard InChI is InChI=1S/C17H21NO2S/c1-13(11-15-9-6-10-21-15)18-12-16(17(19)20-2)14-7-4-3-5-8-14/h3-10,13,16,18H,11-12H2,1-2H3. The maximum Gasteiger partial charge on any atom is 0.314 e. The molecule has 1 aromatic heterocycles. The van der Waals surface area contributed by atoms with E-state index >= 15 is 0 Å². The summed E-state index contributed by atoms with van der Waals surface area (Å²) in [5.41, 5.74) is 0.986. The van der Waals surface area contributed by atoms with Gasteiger partial charge in [-0.15, -0.1) is 11.3 Å². The van der Waals surface area contributed by atoms with E-state index in [4.69, 9.17) is 4.74 Å². The normalized spacial score (nSPS) is 13.6. The Balaban J connectivity index is 1.94. The second-order valence-electron chi connectivity index (χ2n) is 5.08. The first kappa shape index (κ1) is 15.7. The molecule has 0 saturated heterocycles. The molecule has 0 aliphatic heterocycles. The first-order valence-corrected chi connectivity index (χ1v) is 7.97. The third-order valence-electron chi connectivity index (χ3n) is 3.45. The van der Waals surface area contributed by atoms with E-state index in [0.717, 1.165) is 12.0 Å². The van der Waals surface area contributed by atoms with Crippen LogP contribution in [0.4, 0.5) is 0 Å². The van der Waals surface area contributed by atoms with Gasteiger partial charge in [-0.2, -0.15) is 0 Å². The predicted molar refractivity (Wildman–Crippen MR) is 86.7 cm³/mol. The predicted octanol–water partition coefficient (Wildman–Crippen LogP) is 3.23. The second kappa shape index (κ2) is 7.96. The number of esters is 1.